The van der Waals surface area contributed by atoms with Gasteiger partial charge in [-0.2, -0.15) is 0 Å². The summed E-state index contributed by atoms with van der Waals surface area (Å²) in [5, 5.41) is 10.4. The molecule has 72 valence electrons. The van der Waals surface area contributed by atoms with Gasteiger partial charge in [0, 0.05) is 13.2 Å². The van der Waals surface area contributed by atoms with Crippen LogP contribution in [-0.2, 0) is 4.74 Å². The summed E-state index contributed by atoms with van der Waals surface area (Å²) < 4.78 is 5.21. The normalized spacial score (nSPS) is 12.5. The molecule has 0 aliphatic rings. The van der Waals surface area contributed by atoms with Crippen LogP contribution < -0.4 is 5.32 Å². The Labute approximate surface area is 72.9 Å². The second kappa shape index (κ2) is 6.91. The molecule has 0 rings (SSSR count). The Bertz CT molecular complexity index is 127. The topological polar surface area (TPSA) is 58.6 Å². The van der Waals surface area contributed by atoms with Crippen molar-refractivity contribution in [2.45, 2.75) is 20.3 Å². The Morgan fingerprint density at radius 2 is 2.33 bits per heavy atom. The predicted octanol–water partition coefficient (Wildman–Crippen LogP) is 1.32. The third-order valence-corrected chi connectivity index (χ3v) is 1.62. The molecule has 1 amide bonds. The van der Waals surface area contributed by atoms with Crippen molar-refractivity contribution in [2.75, 3.05) is 19.8 Å². The smallest absolute Gasteiger partial charge is 0.404 e. The van der Waals surface area contributed by atoms with Crippen LogP contribution in [0.15, 0.2) is 0 Å². The van der Waals surface area contributed by atoms with E-state index in [9.17, 15) is 4.79 Å². The summed E-state index contributed by atoms with van der Waals surface area (Å²) in [6, 6.07) is 0. The minimum absolute atomic E-state index is 0.367. The maximum absolute atomic E-state index is 9.99. The number of rotatable bonds is 6. The first-order valence-electron chi connectivity index (χ1n) is 4.21. The first kappa shape index (κ1) is 11.2. The van der Waals surface area contributed by atoms with Crippen LogP contribution in [0.5, 0.6) is 0 Å². The number of amides is 1. The van der Waals surface area contributed by atoms with Crippen LogP contribution in [0.2, 0.25) is 0 Å². The van der Waals surface area contributed by atoms with Crippen LogP contribution in [-0.4, -0.2) is 31.0 Å². The molecule has 0 aromatic carbocycles. The molecule has 0 bridgehead atoms. The standard InChI is InChI=1S/C8H17NO3/c1-3-7(2)6-12-5-4-9-8(10)11/h7,9H,3-6H2,1-2H3,(H,10,11). The average Bonchev–Trinajstić information content (AvgIpc) is 2.03. The number of carbonyl (C=O) groups is 1. The summed E-state index contributed by atoms with van der Waals surface area (Å²) in [5.41, 5.74) is 0. The van der Waals surface area contributed by atoms with Gasteiger partial charge in [0.05, 0.1) is 6.61 Å². The summed E-state index contributed by atoms with van der Waals surface area (Å²) in [6.45, 7) is 5.73. The molecule has 0 aliphatic carbocycles. The van der Waals surface area contributed by atoms with Crippen LogP contribution >= 0.6 is 0 Å². The molecule has 2 N–H and O–H groups in total. The molecule has 0 spiro atoms. The van der Waals surface area contributed by atoms with Gasteiger partial charge in [-0.25, -0.2) is 4.79 Å². The van der Waals surface area contributed by atoms with Gasteiger partial charge < -0.3 is 15.2 Å². The van der Waals surface area contributed by atoms with Gasteiger partial charge in [0.1, 0.15) is 0 Å². The van der Waals surface area contributed by atoms with E-state index in [-0.39, 0.29) is 0 Å². The molecule has 12 heavy (non-hydrogen) atoms. The second-order valence-corrected chi connectivity index (χ2v) is 2.82. The van der Waals surface area contributed by atoms with Crippen LogP contribution in [0, 0.1) is 5.92 Å². The van der Waals surface area contributed by atoms with Gasteiger partial charge in [0.25, 0.3) is 0 Å². The van der Waals surface area contributed by atoms with Crippen molar-refractivity contribution in [2.24, 2.45) is 5.92 Å². The van der Waals surface area contributed by atoms with E-state index in [1.165, 1.54) is 0 Å². The van der Waals surface area contributed by atoms with Gasteiger partial charge in [0.15, 0.2) is 0 Å². The molecule has 0 heterocycles. The van der Waals surface area contributed by atoms with Crippen molar-refractivity contribution < 1.29 is 14.6 Å². The number of hydrogen-bond acceptors (Lipinski definition) is 2. The lowest BCUT2D eigenvalue weighted by Gasteiger charge is -2.08. The fourth-order valence-electron chi connectivity index (χ4n) is 0.633. The van der Waals surface area contributed by atoms with Gasteiger partial charge in [-0.15, -0.1) is 0 Å². The van der Waals surface area contributed by atoms with E-state index in [4.69, 9.17) is 9.84 Å². The fraction of sp³-hybridized carbons (Fsp3) is 0.875. The molecule has 0 aliphatic heterocycles. The molecule has 1 atom stereocenters. The molecule has 0 saturated heterocycles. The molecule has 0 fully saturated rings. The van der Waals surface area contributed by atoms with Crippen LogP contribution in [0.3, 0.4) is 0 Å². The highest BCUT2D eigenvalue weighted by Crippen LogP contribution is 1.99. The van der Waals surface area contributed by atoms with Crippen LogP contribution in [0.4, 0.5) is 4.79 Å². The lowest BCUT2D eigenvalue weighted by Crippen LogP contribution is -2.25. The molecule has 0 aromatic heterocycles. The zero-order valence-corrected chi connectivity index (χ0v) is 7.67. The van der Waals surface area contributed by atoms with Crippen LogP contribution in [0.25, 0.3) is 0 Å². The zero-order chi connectivity index (χ0) is 9.40. The van der Waals surface area contributed by atoms with E-state index in [2.05, 4.69) is 19.2 Å². The van der Waals surface area contributed by atoms with E-state index < -0.39 is 6.09 Å². The predicted molar refractivity (Wildman–Crippen MR) is 46.3 cm³/mol. The molecule has 0 aromatic rings. The molecule has 1 unspecified atom stereocenters. The van der Waals surface area contributed by atoms with Crippen molar-refractivity contribution in [3.63, 3.8) is 0 Å². The third-order valence-electron chi connectivity index (χ3n) is 1.62. The number of nitrogens with one attached hydrogen (secondary N) is 1. The van der Waals surface area contributed by atoms with Crippen molar-refractivity contribution in [1.29, 1.82) is 0 Å². The summed E-state index contributed by atoms with van der Waals surface area (Å²) in [6.07, 6.45) is 0.0916. The van der Waals surface area contributed by atoms with Gasteiger partial charge in [-0.05, 0) is 5.92 Å². The Morgan fingerprint density at radius 3 is 2.83 bits per heavy atom. The second-order valence-electron chi connectivity index (χ2n) is 2.82. The third kappa shape index (κ3) is 7.34. The molecular formula is C8H17NO3. The summed E-state index contributed by atoms with van der Waals surface area (Å²) >= 11 is 0. The minimum Gasteiger partial charge on any atom is -0.465 e. The Morgan fingerprint density at radius 1 is 1.67 bits per heavy atom. The molecule has 4 nitrogen and oxygen atoms in total. The van der Waals surface area contributed by atoms with Crippen molar-refractivity contribution in [3.8, 4) is 0 Å². The molecular weight excluding hydrogens is 158 g/mol. The van der Waals surface area contributed by atoms with Gasteiger partial charge in [0.2, 0.25) is 0 Å². The zero-order valence-electron chi connectivity index (χ0n) is 7.67. The summed E-state index contributed by atoms with van der Waals surface area (Å²) in [5.74, 6) is 0.551. The van der Waals surface area contributed by atoms with E-state index >= 15 is 0 Å². The van der Waals surface area contributed by atoms with E-state index in [0.29, 0.717) is 25.7 Å². The summed E-state index contributed by atoms with van der Waals surface area (Å²) in [4.78, 5) is 9.99. The lowest BCUT2D eigenvalue weighted by atomic mass is 10.1. The fourth-order valence-corrected chi connectivity index (χ4v) is 0.633. The number of hydrogen-bond donors (Lipinski definition) is 2. The first-order valence-corrected chi connectivity index (χ1v) is 4.21. The van der Waals surface area contributed by atoms with Gasteiger partial charge in [-0.1, -0.05) is 20.3 Å². The number of carboxylic acid groups (broad SMARTS) is 1. The maximum Gasteiger partial charge on any atom is 0.404 e. The SMILES string of the molecule is CCC(C)COCCNC(=O)O. The average molecular weight is 175 g/mol. The number of ether oxygens (including phenoxy) is 1. The highest BCUT2D eigenvalue weighted by atomic mass is 16.5. The highest BCUT2D eigenvalue weighted by molar-refractivity contribution is 5.64. The van der Waals surface area contributed by atoms with E-state index in [1.807, 2.05) is 0 Å². The lowest BCUT2D eigenvalue weighted by molar-refractivity contribution is 0.104. The maximum atomic E-state index is 9.99. The Kier molecular flexibility index (Phi) is 6.47. The Hall–Kier alpha value is -0.770. The van der Waals surface area contributed by atoms with E-state index in [1.54, 1.807) is 0 Å². The van der Waals surface area contributed by atoms with Gasteiger partial charge >= 0.3 is 6.09 Å². The van der Waals surface area contributed by atoms with Gasteiger partial charge in [-0.3, -0.25) is 0 Å². The molecule has 4 heteroatoms. The van der Waals surface area contributed by atoms with Crippen LogP contribution in [0.1, 0.15) is 20.3 Å². The van der Waals surface area contributed by atoms with Crippen molar-refractivity contribution in [1.82, 2.24) is 5.32 Å². The van der Waals surface area contributed by atoms with Crippen molar-refractivity contribution in [3.05, 3.63) is 0 Å². The largest absolute Gasteiger partial charge is 0.465 e. The van der Waals surface area contributed by atoms with E-state index in [0.717, 1.165) is 6.42 Å². The van der Waals surface area contributed by atoms with Crippen molar-refractivity contribution >= 4 is 6.09 Å². The quantitative estimate of drug-likeness (QED) is 0.598. The highest BCUT2D eigenvalue weighted by Gasteiger charge is 1.98. The molecule has 0 radical (unpaired) electrons. The first-order chi connectivity index (χ1) is 5.66. The monoisotopic (exact) mass is 175 g/mol. The molecule has 0 saturated carbocycles. The Balaban J connectivity index is 3.05. The summed E-state index contributed by atoms with van der Waals surface area (Å²) in [7, 11) is 0. The minimum atomic E-state index is -0.998.